The van der Waals surface area contributed by atoms with Gasteiger partial charge >= 0.3 is 11.9 Å². The maximum Gasteiger partial charge on any atom is 0.328 e. The average Bonchev–Trinajstić information content (AvgIpc) is 2.61. The quantitative estimate of drug-likeness (QED) is 0.146. The second-order valence-electron chi connectivity index (χ2n) is 6.72. The van der Waals surface area contributed by atoms with Crippen molar-refractivity contribution in [2.75, 3.05) is 13.2 Å². The molecule has 0 rings (SSSR count). The number of carboxylic acid groups (broad SMARTS) is 2. The third-order valence-corrected chi connectivity index (χ3v) is 3.69. The number of rotatable bonds is 13. The van der Waals surface area contributed by atoms with Crippen molar-refractivity contribution >= 4 is 29.7 Å². The number of hydrogen-bond donors (Lipinski definition) is 8. The number of aliphatic hydroxyl groups is 2. The van der Waals surface area contributed by atoms with Gasteiger partial charge in [0.2, 0.25) is 17.7 Å². The molecule has 9 N–H and O–H groups in total. The van der Waals surface area contributed by atoms with Crippen LogP contribution in [0.15, 0.2) is 0 Å². The highest BCUT2D eigenvalue weighted by Gasteiger charge is 2.31. The molecule has 0 aromatic carbocycles. The number of carbonyl (C=O) groups is 5. The first-order valence-corrected chi connectivity index (χ1v) is 8.75. The van der Waals surface area contributed by atoms with E-state index in [1.165, 1.54) is 0 Å². The Labute approximate surface area is 166 Å². The summed E-state index contributed by atoms with van der Waals surface area (Å²) in [6.45, 7) is 1.75. The SMILES string of the molecule is CC(C)CC(N)C(=O)NC(CC(=O)O)C(=O)NC(CO)C(=O)NC(CO)C(=O)O. The normalized spacial score (nSPS) is 15.0. The average molecular weight is 420 g/mol. The van der Waals surface area contributed by atoms with Gasteiger partial charge in [-0.1, -0.05) is 13.8 Å². The number of aliphatic carboxylic acids is 2. The van der Waals surface area contributed by atoms with Crippen LogP contribution in [0.25, 0.3) is 0 Å². The molecule has 0 fully saturated rings. The van der Waals surface area contributed by atoms with Gasteiger partial charge in [0, 0.05) is 0 Å². The molecule has 3 amide bonds. The van der Waals surface area contributed by atoms with Crippen LogP contribution in [0.3, 0.4) is 0 Å². The minimum atomic E-state index is -1.67. The highest BCUT2D eigenvalue weighted by atomic mass is 16.4. The van der Waals surface area contributed by atoms with Gasteiger partial charge in [-0.3, -0.25) is 19.2 Å². The largest absolute Gasteiger partial charge is 0.481 e. The Balaban J connectivity index is 5.18. The van der Waals surface area contributed by atoms with Crippen LogP contribution in [0, 0.1) is 5.92 Å². The Morgan fingerprint density at radius 3 is 1.66 bits per heavy atom. The van der Waals surface area contributed by atoms with Crippen molar-refractivity contribution < 1.29 is 44.4 Å². The summed E-state index contributed by atoms with van der Waals surface area (Å²) < 4.78 is 0. The fourth-order valence-corrected chi connectivity index (χ4v) is 2.20. The van der Waals surface area contributed by atoms with Crippen LogP contribution in [0.4, 0.5) is 0 Å². The highest BCUT2D eigenvalue weighted by molar-refractivity contribution is 5.95. The Morgan fingerprint density at radius 1 is 0.793 bits per heavy atom. The lowest BCUT2D eigenvalue weighted by molar-refractivity contribution is -0.144. The summed E-state index contributed by atoms with van der Waals surface area (Å²) in [6, 6.07) is -5.89. The van der Waals surface area contributed by atoms with E-state index in [1.807, 2.05) is 24.5 Å². The van der Waals surface area contributed by atoms with Crippen molar-refractivity contribution in [2.45, 2.75) is 50.9 Å². The fourth-order valence-electron chi connectivity index (χ4n) is 2.20. The van der Waals surface area contributed by atoms with E-state index in [0.29, 0.717) is 0 Å². The molecule has 0 heterocycles. The fraction of sp³-hybridized carbons (Fsp3) is 0.688. The molecular formula is C16H28N4O9. The van der Waals surface area contributed by atoms with Gasteiger partial charge in [-0.15, -0.1) is 0 Å². The summed E-state index contributed by atoms with van der Waals surface area (Å²) in [7, 11) is 0. The number of carboxylic acids is 2. The molecule has 0 saturated carbocycles. The molecule has 13 heteroatoms. The summed E-state index contributed by atoms with van der Waals surface area (Å²) >= 11 is 0. The molecule has 0 aliphatic carbocycles. The number of carbonyl (C=O) groups excluding carboxylic acids is 3. The van der Waals surface area contributed by atoms with Crippen LogP contribution in [0.1, 0.15) is 26.7 Å². The molecule has 4 unspecified atom stereocenters. The van der Waals surface area contributed by atoms with Crippen LogP contribution >= 0.6 is 0 Å². The van der Waals surface area contributed by atoms with Crippen molar-refractivity contribution in [3.63, 3.8) is 0 Å². The number of nitrogens with two attached hydrogens (primary N) is 1. The molecule has 13 nitrogen and oxygen atoms in total. The monoisotopic (exact) mass is 420 g/mol. The second kappa shape index (κ2) is 12.6. The lowest BCUT2D eigenvalue weighted by atomic mass is 10.0. The minimum absolute atomic E-state index is 0.0682. The molecular weight excluding hydrogens is 392 g/mol. The first kappa shape index (κ1) is 26.2. The van der Waals surface area contributed by atoms with Crippen LogP contribution in [0.5, 0.6) is 0 Å². The zero-order chi connectivity index (χ0) is 22.7. The Hall–Kier alpha value is -2.77. The summed E-state index contributed by atoms with van der Waals surface area (Å²) in [6.07, 6.45) is -0.535. The standard InChI is InChI=1S/C16H28N4O9/c1-7(2)3-8(17)13(25)18-9(4-12(23)24)14(26)19-10(5-21)15(27)20-11(6-22)16(28)29/h7-11,21-22H,3-6,17H2,1-2H3,(H,18,25)(H,19,26)(H,20,27)(H,23,24)(H,28,29). The lowest BCUT2D eigenvalue weighted by Crippen LogP contribution is -2.58. The number of nitrogens with one attached hydrogen (secondary N) is 3. The molecule has 0 spiro atoms. The molecule has 0 radical (unpaired) electrons. The molecule has 0 aromatic heterocycles. The van der Waals surface area contributed by atoms with E-state index >= 15 is 0 Å². The van der Waals surface area contributed by atoms with Crippen molar-refractivity contribution in [1.82, 2.24) is 16.0 Å². The van der Waals surface area contributed by atoms with E-state index in [-0.39, 0.29) is 12.3 Å². The van der Waals surface area contributed by atoms with Gasteiger partial charge in [0.25, 0.3) is 0 Å². The molecule has 4 atom stereocenters. The minimum Gasteiger partial charge on any atom is -0.481 e. The molecule has 0 aliphatic rings. The molecule has 0 saturated heterocycles. The van der Waals surface area contributed by atoms with E-state index in [1.54, 1.807) is 0 Å². The number of hydrogen-bond acceptors (Lipinski definition) is 8. The predicted molar refractivity (Wildman–Crippen MR) is 97.3 cm³/mol. The summed E-state index contributed by atoms with van der Waals surface area (Å²) in [5, 5.41) is 42.1. The van der Waals surface area contributed by atoms with Gasteiger partial charge in [-0.2, -0.15) is 0 Å². The second-order valence-corrected chi connectivity index (χ2v) is 6.72. The first-order valence-electron chi connectivity index (χ1n) is 8.75. The van der Waals surface area contributed by atoms with Crippen LogP contribution in [0.2, 0.25) is 0 Å². The zero-order valence-corrected chi connectivity index (χ0v) is 16.1. The Bertz CT molecular complexity index is 611. The third-order valence-electron chi connectivity index (χ3n) is 3.69. The maximum atomic E-state index is 12.3. The van der Waals surface area contributed by atoms with Crippen molar-refractivity contribution in [3.8, 4) is 0 Å². The Morgan fingerprint density at radius 2 is 1.24 bits per heavy atom. The lowest BCUT2D eigenvalue weighted by Gasteiger charge is -2.23. The summed E-state index contributed by atoms with van der Waals surface area (Å²) in [5.74, 6) is -5.88. The van der Waals surface area contributed by atoms with Crippen molar-refractivity contribution in [3.05, 3.63) is 0 Å². The maximum absolute atomic E-state index is 12.3. The van der Waals surface area contributed by atoms with E-state index in [2.05, 4.69) is 5.32 Å². The molecule has 0 aromatic rings. The first-order chi connectivity index (χ1) is 13.4. The van der Waals surface area contributed by atoms with Crippen molar-refractivity contribution in [2.24, 2.45) is 11.7 Å². The van der Waals surface area contributed by atoms with E-state index < -0.39 is 73.5 Å². The molecule has 29 heavy (non-hydrogen) atoms. The molecule has 0 bridgehead atoms. The van der Waals surface area contributed by atoms with Crippen molar-refractivity contribution in [1.29, 1.82) is 0 Å². The van der Waals surface area contributed by atoms with E-state index in [9.17, 15) is 29.1 Å². The van der Waals surface area contributed by atoms with Gasteiger partial charge < -0.3 is 42.1 Å². The smallest absolute Gasteiger partial charge is 0.328 e. The highest BCUT2D eigenvalue weighted by Crippen LogP contribution is 2.04. The Kier molecular flexibility index (Phi) is 11.4. The third kappa shape index (κ3) is 9.82. The van der Waals surface area contributed by atoms with Gasteiger partial charge in [-0.25, -0.2) is 4.79 Å². The number of amides is 3. The van der Waals surface area contributed by atoms with E-state index in [4.69, 9.17) is 21.1 Å². The van der Waals surface area contributed by atoms with Crippen LogP contribution < -0.4 is 21.7 Å². The van der Waals surface area contributed by atoms with Crippen LogP contribution in [-0.2, 0) is 24.0 Å². The zero-order valence-electron chi connectivity index (χ0n) is 16.1. The van der Waals surface area contributed by atoms with Gasteiger partial charge in [0.05, 0.1) is 25.7 Å². The summed E-state index contributed by atoms with van der Waals surface area (Å²) in [5.41, 5.74) is 5.70. The summed E-state index contributed by atoms with van der Waals surface area (Å²) in [4.78, 5) is 58.3. The molecule has 166 valence electrons. The topological polar surface area (TPSA) is 228 Å². The number of aliphatic hydroxyl groups excluding tert-OH is 2. The predicted octanol–water partition coefficient (Wildman–Crippen LogP) is -3.64. The van der Waals surface area contributed by atoms with E-state index in [0.717, 1.165) is 0 Å². The van der Waals surface area contributed by atoms with Gasteiger partial charge in [0.1, 0.15) is 18.1 Å². The molecule has 0 aliphatic heterocycles. The van der Waals surface area contributed by atoms with Gasteiger partial charge in [0.15, 0.2) is 0 Å². The van der Waals surface area contributed by atoms with Gasteiger partial charge in [-0.05, 0) is 12.3 Å². The van der Waals surface area contributed by atoms with Crippen LogP contribution in [-0.4, -0.2) is 87.5 Å².